The Balaban J connectivity index is 1.79. The van der Waals surface area contributed by atoms with Crippen LogP contribution in [0.2, 0.25) is 0 Å². The van der Waals surface area contributed by atoms with Gasteiger partial charge < -0.3 is 9.80 Å². The molecule has 3 aromatic rings. The summed E-state index contributed by atoms with van der Waals surface area (Å²) in [6.07, 6.45) is 2.62. The third-order valence-corrected chi connectivity index (χ3v) is 5.13. The van der Waals surface area contributed by atoms with E-state index in [9.17, 15) is 9.59 Å². The summed E-state index contributed by atoms with van der Waals surface area (Å²) in [5, 5.41) is 0. The monoisotopic (exact) mass is 362 g/mol. The first kappa shape index (κ1) is 17.3. The minimum absolute atomic E-state index is 0.165. The molecule has 2 aromatic heterocycles. The van der Waals surface area contributed by atoms with Gasteiger partial charge in [-0.3, -0.25) is 14.0 Å². The number of carbonyl (C=O) groups excluding carboxylic acids is 2. The van der Waals surface area contributed by atoms with Gasteiger partial charge in [-0.25, -0.2) is 4.98 Å². The summed E-state index contributed by atoms with van der Waals surface area (Å²) in [5.74, 6) is -0.0468. The molecule has 0 fully saturated rings. The molecule has 0 radical (unpaired) electrons. The standard InChI is InChI=1S/C21H22N4O2/c1-3-23(4-2)21(27)19-22-18(17-11-7-8-13-24(17)19)20(26)25-14-12-15-9-5-6-10-16(15)25/h5-11,13H,3-4,12,14H2,1-2H3. The van der Waals surface area contributed by atoms with Gasteiger partial charge in [0.2, 0.25) is 5.82 Å². The van der Waals surface area contributed by atoms with Crippen LogP contribution < -0.4 is 4.90 Å². The van der Waals surface area contributed by atoms with Crippen molar-refractivity contribution in [3.63, 3.8) is 0 Å². The maximum absolute atomic E-state index is 13.3. The van der Waals surface area contributed by atoms with Crippen LogP contribution in [-0.4, -0.2) is 45.7 Å². The molecule has 6 nitrogen and oxygen atoms in total. The average Bonchev–Trinajstić information content (AvgIpc) is 3.30. The van der Waals surface area contributed by atoms with Crippen molar-refractivity contribution in [1.82, 2.24) is 14.3 Å². The summed E-state index contributed by atoms with van der Waals surface area (Å²) in [6.45, 7) is 5.69. The second-order valence-corrected chi connectivity index (χ2v) is 6.55. The van der Waals surface area contributed by atoms with Crippen LogP contribution >= 0.6 is 0 Å². The number of benzene rings is 1. The summed E-state index contributed by atoms with van der Waals surface area (Å²) in [5.41, 5.74) is 3.07. The molecule has 2 amide bonds. The first-order valence-electron chi connectivity index (χ1n) is 9.31. The van der Waals surface area contributed by atoms with Crippen molar-refractivity contribution in [2.45, 2.75) is 20.3 Å². The predicted molar refractivity (Wildman–Crippen MR) is 104 cm³/mol. The van der Waals surface area contributed by atoms with Crippen LogP contribution in [-0.2, 0) is 6.42 Å². The Morgan fingerprint density at radius 2 is 1.81 bits per heavy atom. The zero-order valence-electron chi connectivity index (χ0n) is 15.6. The van der Waals surface area contributed by atoms with Crippen LogP contribution in [0.15, 0.2) is 48.7 Å². The minimum Gasteiger partial charge on any atom is -0.337 e. The van der Waals surface area contributed by atoms with Crippen LogP contribution in [0.5, 0.6) is 0 Å². The zero-order valence-corrected chi connectivity index (χ0v) is 15.6. The lowest BCUT2D eigenvalue weighted by atomic mass is 10.2. The molecule has 6 heteroatoms. The fraction of sp³-hybridized carbons (Fsp3) is 0.286. The van der Waals surface area contributed by atoms with Gasteiger partial charge in [-0.15, -0.1) is 0 Å². The maximum Gasteiger partial charge on any atom is 0.290 e. The van der Waals surface area contributed by atoms with Crippen molar-refractivity contribution in [2.75, 3.05) is 24.5 Å². The highest BCUT2D eigenvalue weighted by molar-refractivity contribution is 6.11. The summed E-state index contributed by atoms with van der Waals surface area (Å²) in [6, 6.07) is 13.5. The Hall–Kier alpha value is -3.15. The van der Waals surface area contributed by atoms with Gasteiger partial charge in [-0.2, -0.15) is 0 Å². The van der Waals surface area contributed by atoms with Gasteiger partial charge in [0.05, 0.1) is 5.52 Å². The van der Waals surface area contributed by atoms with E-state index in [0.29, 0.717) is 30.8 Å². The van der Waals surface area contributed by atoms with E-state index >= 15 is 0 Å². The summed E-state index contributed by atoms with van der Waals surface area (Å²) < 4.78 is 1.72. The first-order chi connectivity index (χ1) is 13.2. The van der Waals surface area contributed by atoms with Crippen LogP contribution in [0.3, 0.4) is 0 Å². The molecule has 3 heterocycles. The molecule has 0 aliphatic carbocycles. The lowest BCUT2D eigenvalue weighted by molar-refractivity contribution is 0.0760. The normalized spacial score (nSPS) is 13.0. The molecule has 0 spiro atoms. The highest BCUT2D eigenvalue weighted by atomic mass is 16.2. The predicted octanol–water partition coefficient (Wildman–Crippen LogP) is 3.02. The molecule has 4 rings (SSSR count). The first-order valence-corrected chi connectivity index (χ1v) is 9.31. The second kappa shape index (κ2) is 6.87. The molecule has 0 atom stereocenters. The highest BCUT2D eigenvalue weighted by Crippen LogP contribution is 2.29. The molecule has 0 unspecified atom stereocenters. The maximum atomic E-state index is 13.3. The van der Waals surface area contributed by atoms with Crippen molar-refractivity contribution >= 4 is 23.0 Å². The van der Waals surface area contributed by atoms with Crippen molar-refractivity contribution in [3.8, 4) is 0 Å². The van der Waals surface area contributed by atoms with Gasteiger partial charge in [0.15, 0.2) is 5.69 Å². The van der Waals surface area contributed by atoms with Crippen LogP contribution in [0.25, 0.3) is 5.52 Å². The minimum atomic E-state index is -0.165. The number of amides is 2. The van der Waals surface area contributed by atoms with E-state index in [2.05, 4.69) is 4.98 Å². The van der Waals surface area contributed by atoms with Crippen LogP contribution in [0.1, 0.15) is 40.5 Å². The highest BCUT2D eigenvalue weighted by Gasteiger charge is 2.30. The number of para-hydroxylation sites is 1. The topological polar surface area (TPSA) is 57.9 Å². The number of aromatic nitrogens is 2. The molecule has 0 saturated heterocycles. The largest absolute Gasteiger partial charge is 0.337 e. The van der Waals surface area contributed by atoms with Crippen molar-refractivity contribution < 1.29 is 9.59 Å². The Morgan fingerprint density at radius 3 is 2.59 bits per heavy atom. The molecule has 27 heavy (non-hydrogen) atoms. The van der Waals surface area contributed by atoms with Gasteiger partial charge >= 0.3 is 0 Å². The number of fused-ring (bicyclic) bond motifs is 2. The number of imidazole rings is 1. The second-order valence-electron chi connectivity index (χ2n) is 6.55. The molecule has 0 saturated carbocycles. The Kier molecular flexibility index (Phi) is 4.39. The van der Waals surface area contributed by atoms with Crippen molar-refractivity contribution in [2.24, 2.45) is 0 Å². The fourth-order valence-corrected chi connectivity index (χ4v) is 3.68. The molecule has 0 N–H and O–H groups in total. The zero-order chi connectivity index (χ0) is 19.0. The lowest BCUT2D eigenvalue weighted by Crippen LogP contribution is -2.32. The molecule has 138 valence electrons. The molecular weight excluding hydrogens is 340 g/mol. The Bertz CT molecular complexity index is 1020. The summed E-state index contributed by atoms with van der Waals surface area (Å²) >= 11 is 0. The van der Waals surface area contributed by atoms with E-state index in [1.807, 2.05) is 56.3 Å². The number of pyridine rings is 1. The number of carbonyl (C=O) groups is 2. The quantitative estimate of drug-likeness (QED) is 0.717. The fourth-order valence-electron chi connectivity index (χ4n) is 3.68. The SMILES string of the molecule is CCN(CC)C(=O)c1nc(C(=O)N2CCc3ccccc32)c2ccccn12. The lowest BCUT2D eigenvalue weighted by Gasteiger charge is -2.17. The summed E-state index contributed by atoms with van der Waals surface area (Å²) in [4.78, 5) is 34.2. The van der Waals surface area contributed by atoms with Gasteiger partial charge in [-0.05, 0) is 44.0 Å². The molecule has 1 aromatic carbocycles. The molecule has 1 aliphatic heterocycles. The van der Waals surface area contributed by atoms with Crippen LogP contribution in [0, 0.1) is 0 Å². The van der Waals surface area contributed by atoms with E-state index in [0.717, 1.165) is 17.7 Å². The molecule has 1 aliphatic rings. The number of rotatable bonds is 4. The Morgan fingerprint density at radius 1 is 1.07 bits per heavy atom. The van der Waals surface area contributed by atoms with E-state index < -0.39 is 0 Å². The van der Waals surface area contributed by atoms with Gasteiger partial charge in [0.1, 0.15) is 0 Å². The molecule has 0 bridgehead atoms. The molecular formula is C21H22N4O2. The summed E-state index contributed by atoms with van der Waals surface area (Å²) in [7, 11) is 0. The number of hydrogen-bond acceptors (Lipinski definition) is 3. The number of anilines is 1. The number of nitrogens with zero attached hydrogens (tertiary/aromatic N) is 4. The van der Waals surface area contributed by atoms with E-state index in [1.54, 1.807) is 20.4 Å². The Labute approximate surface area is 158 Å². The van der Waals surface area contributed by atoms with E-state index in [4.69, 9.17) is 0 Å². The van der Waals surface area contributed by atoms with Crippen LogP contribution in [0.4, 0.5) is 5.69 Å². The third kappa shape index (κ3) is 2.77. The van der Waals surface area contributed by atoms with E-state index in [1.165, 1.54) is 0 Å². The van der Waals surface area contributed by atoms with E-state index in [-0.39, 0.29) is 17.6 Å². The van der Waals surface area contributed by atoms with Crippen molar-refractivity contribution in [3.05, 3.63) is 65.7 Å². The van der Waals surface area contributed by atoms with Crippen molar-refractivity contribution in [1.29, 1.82) is 0 Å². The van der Waals surface area contributed by atoms with Gasteiger partial charge in [0.25, 0.3) is 11.8 Å². The third-order valence-electron chi connectivity index (χ3n) is 5.13. The smallest absolute Gasteiger partial charge is 0.290 e. The van der Waals surface area contributed by atoms with Gasteiger partial charge in [-0.1, -0.05) is 24.3 Å². The number of hydrogen-bond donors (Lipinski definition) is 0. The average molecular weight is 362 g/mol. The van der Waals surface area contributed by atoms with Gasteiger partial charge in [0, 0.05) is 31.5 Å².